The number of esters is 2. The number of ether oxygens (including phenoxy) is 2. The fraction of sp³-hybridized carbons (Fsp3) is 0.200. The van der Waals surface area contributed by atoms with Gasteiger partial charge in [-0.05, 0) is 0 Å². The summed E-state index contributed by atoms with van der Waals surface area (Å²) in [6.45, 7) is 0. The molecule has 0 saturated heterocycles. The molecule has 0 aliphatic heterocycles. The third kappa shape index (κ3) is 3.06. The average molecular weight is 320 g/mol. The van der Waals surface area contributed by atoms with Crippen molar-refractivity contribution in [2.45, 2.75) is 6.18 Å². The standard InChI is InChI=1S/C10H3F7O4/c1-20-8(18)9(19)21-7-5(13)3(11)2(10(15,16)17)4(12)6(7)14/h1H3. The third-order valence-corrected chi connectivity index (χ3v) is 2.05. The van der Waals surface area contributed by atoms with Crippen LogP contribution in [0.3, 0.4) is 0 Å². The molecule has 1 aromatic carbocycles. The number of rotatable bonds is 1. The van der Waals surface area contributed by atoms with Crippen molar-refractivity contribution in [3.63, 3.8) is 0 Å². The summed E-state index contributed by atoms with van der Waals surface area (Å²) in [4.78, 5) is 21.5. The summed E-state index contributed by atoms with van der Waals surface area (Å²) in [5, 5.41) is 0. The number of hydrogen-bond donors (Lipinski definition) is 0. The van der Waals surface area contributed by atoms with Gasteiger partial charge in [-0.3, -0.25) is 0 Å². The van der Waals surface area contributed by atoms with Crippen LogP contribution in [0, 0.1) is 23.3 Å². The molecular weight excluding hydrogens is 317 g/mol. The fourth-order valence-corrected chi connectivity index (χ4v) is 1.17. The van der Waals surface area contributed by atoms with Crippen molar-refractivity contribution in [3.05, 3.63) is 28.8 Å². The first-order valence-electron chi connectivity index (χ1n) is 4.75. The van der Waals surface area contributed by atoms with E-state index in [1.54, 1.807) is 0 Å². The number of benzene rings is 1. The summed E-state index contributed by atoms with van der Waals surface area (Å²) in [5.41, 5.74) is -2.84. The minimum atomic E-state index is -5.74. The van der Waals surface area contributed by atoms with Crippen LogP contribution in [0.25, 0.3) is 0 Å². The van der Waals surface area contributed by atoms with Crippen molar-refractivity contribution < 1.29 is 49.8 Å². The van der Waals surface area contributed by atoms with Crippen molar-refractivity contribution in [3.8, 4) is 5.75 Å². The number of alkyl halides is 3. The average Bonchev–Trinajstić information content (AvgIpc) is 2.38. The molecule has 11 heteroatoms. The molecular formula is C10H3F7O4. The second kappa shape index (κ2) is 5.58. The van der Waals surface area contributed by atoms with Gasteiger partial charge >= 0.3 is 18.1 Å². The van der Waals surface area contributed by atoms with E-state index in [-0.39, 0.29) is 0 Å². The summed E-state index contributed by atoms with van der Waals surface area (Å²) >= 11 is 0. The Morgan fingerprint density at radius 1 is 0.857 bits per heavy atom. The minimum absolute atomic E-state index is 0.671. The Morgan fingerprint density at radius 3 is 1.62 bits per heavy atom. The highest BCUT2D eigenvalue weighted by Gasteiger charge is 2.43. The molecule has 1 rings (SSSR count). The lowest BCUT2D eigenvalue weighted by molar-refractivity contribution is -0.160. The SMILES string of the molecule is COC(=O)C(=O)Oc1c(F)c(F)c(C(F)(F)F)c(F)c1F. The van der Waals surface area contributed by atoms with Gasteiger partial charge in [-0.2, -0.15) is 22.0 Å². The number of halogens is 7. The predicted molar refractivity (Wildman–Crippen MR) is 48.9 cm³/mol. The van der Waals surface area contributed by atoms with Crippen LogP contribution < -0.4 is 4.74 Å². The molecule has 0 fully saturated rings. The maximum Gasteiger partial charge on any atom is 0.423 e. The van der Waals surface area contributed by atoms with Gasteiger partial charge in [0.1, 0.15) is 5.56 Å². The highest BCUT2D eigenvalue weighted by atomic mass is 19.4. The van der Waals surface area contributed by atoms with E-state index < -0.39 is 52.7 Å². The van der Waals surface area contributed by atoms with Gasteiger partial charge in [-0.25, -0.2) is 18.4 Å². The van der Waals surface area contributed by atoms with Gasteiger partial charge < -0.3 is 9.47 Å². The van der Waals surface area contributed by atoms with E-state index >= 15 is 0 Å². The first-order valence-corrected chi connectivity index (χ1v) is 4.75. The molecule has 0 unspecified atom stereocenters. The van der Waals surface area contributed by atoms with Crippen LogP contribution in [0.15, 0.2) is 0 Å². The molecule has 21 heavy (non-hydrogen) atoms. The molecule has 0 atom stereocenters. The van der Waals surface area contributed by atoms with E-state index in [0.717, 1.165) is 0 Å². The zero-order valence-corrected chi connectivity index (χ0v) is 9.78. The van der Waals surface area contributed by atoms with Gasteiger partial charge in [-0.15, -0.1) is 0 Å². The Kier molecular flexibility index (Phi) is 4.44. The smallest absolute Gasteiger partial charge is 0.423 e. The maximum absolute atomic E-state index is 13.3. The zero-order valence-electron chi connectivity index (χ0n) is 9.78. The molecule has 0 N–H and O–H groups in total. The van der Waals surface area contributed by atoms with Crippen molar-refractivity contribution >= 4 is 11.9 Å². The van der Waals surface area contributed by atoms with Crippen LogP contribution in [0.5, 0.6) is 5.75 Å². The number of methoxy groups -OCH3 is 1. The summed E-state index contributed by atoms with van der Waals surface area (Å²) in [5.74, 6) is -16.9. The van der Waals surface area contributed by atoms with E-state index in [9.17, 15) is 40.3 Å². The van der Waals surface area contributed by atoms with Gasteiger partial charge in [0.05, 0.1) is 7.11 Å². The Morgan fingerprint density at radius 2 is 1.29 bits per heavy atom. The molecule has 0 aliphatic carbocycles. The largest absolute Gasteiger partial charge is 0.461 e. The lowest BCUT2D eigenvalue weighted by atomic mass is 10.1. The second-order valence-corrected chi connectivity index (χ2v) is 3.34. The van der Waals surface area contributed by atoms with Crippen molar-refractivity contribution in [1.82, 2.24) is 0 Å². The molecule has 4 nitrogen and oxygen atoms in total. The van der Waals surface area contributed by atoms with E-state index in [4.69, 9.17) is 0 Å². The zero-order chi connectivity index (χ0) is 16.5. The molecule has 116 valence electrons. The second-order valence-electron chi connectivity index (χ2n) is 3.34. The predicted octanol–water partition coefficient (Wildman–Crippen LogP) is 2.34. The molecule has 0 amide bonds. The molecule has 0 aliphatic rings. The highest BCUT2D eigenvalue weighted by Crippen LogP contribution is 2.39. The normalized spacial score (nSPS) is 11.2. The van der Waals surface area contributed by atoms with Crippen LogP contribution >= 0.6 is 0 Å². The van der Waals surface area contributed by atoms with Crippen LogP contribution in [-0.4, -0.2) is 19.0 Å². The summed E-state index contributed by atoms with van der Waals surface area (Å²) in [6, 6.07) is 0. The molecule has 0 aromatic heterocycles. The van der Waals surface area contributed by atoms with Crippen molar-refractivity contribution in [2.75, 3.05) is 7.11 Å². The van der Waals surface area contributed by atoms with E-state index in [1.165, 1.54) is 0 Å². The quantitative estimate of drug-likeness (QED) is 0.262. The molecule has 1 aromatic rings. The van der Waals surface area contributed by atoms with Crippen molar-refractivity contribution in [2.24, 2.45) is 0 Å². The number of carbonyl (C=O) groups excluding carboxylic acids is 2. The molecule has 0 bridgehead atoms. The summed E-state index contributed by atoms with van der Waals surface area (Å²) in [7, 11) is 0.671. The first-order chi connectivity index (χ1) is 9.52. The lowest BCUT2D eigenvalue weighted by Crippen LogP contribution is -2.24. The van der Waals surface area contributed by atoms with Crippen molar-refractivity contribution in [1.29, 1.82) is 0 Å². The van der Waals surface area contributed by atoms with Crippen LogP contribution in [0.2, 0.25) is 0 Å². The van der Waals surface area contributed by atoms with Gasteiger partial charge in [0.25, 0.3) is 0 Å². The van der Waals surface area contributed by atoms with E-state index in [1.807, 2.05) is 0 Å². The van der Waals surface area contributed by atoms with Crippen LogP contribution in [0.4, 0.5) is 30.7 Å². The topological polar surface area (TPSA) is 52.6 Å². The Balaban J connectivity index is 3.45. The molecule has 0 saturated carbocycles. The van der Waals surface area contributed by atoms with E-state index in [0.29, 0.717) is 7.11 Å². The fourth-order valence-electron chi connectivity index (χ4n) is 1.17. The Labute approximate surface area is 111 Å². The van der Waals surface area contributed by atoms with Gasteiger partial charge in [0.2, 0.25) is 17.4 Å². The maximum atomic E-state index is 13.3. The first kappa shape index (κ1) is 16.7. The highest BCUT2D eigenvalue weighted by molar-refractivity contribution is 6.30. The molecule has 0 radical (unpaired) electrons. The monoisotopic (exact) mass is 320 g/mol. The van der Waals surface area contributed by atoms with Crippen LogP contribution in [0.1, 0.15) is 5.56 Å². The number of hydrogen-bond acceptors (Lipinski definition) is 4. The third-order valence-electron chi connectivity index (χ3n) is 2.05. The van der Waals surface area contributed by atoms with Gasteiger partial charge in [-0.1, -0.05) is 0 Å². The Bertz CT molecular complexity index is 579. The summed E-state index contributed by atoms with van der Waals surface area (Å²) in [6.07, 6.45) is -5.74. The Hall–Kier alpha value is -2.33. The van der Waals surface area contributed by atoms with Gasteiger partial charge in [0.15, 0.2) is 11.6 Å². The van der Waals surface area contributed by atoms with Crippen LogP contribution in [-0.2, 0) is 20.5 Å². The lowest BCUT2D eigenvalue weighted by Gasteiger charge is -2.13. The molecule has 0 heterocycles. The molecule has 0 spiro atoms. The van der Waals surface area contributed by atoms with E-state index in [2.05, 4.69) is 9.47 Å². The van der Waals surface area contributed by atoms with Gasteiger partial charge in [0, 0.05) is 0 Å². The minimum Gasteiger partial charge on any atom is -0.461 e. The number of carbonyl (C=O) groups is 2. The summed E-state index contributed by atoms with van der Waals surface area (Å²) < 4.78 is 96.9.